The second kappa shape index (κ2) is 7.18. The number of benzene rings is 3. The maximum atomic E-state index is 13.8. The van der Waals surface area contributed by atoms with Gasteiger partial charge in [0, 0.05) is 4.47 Å². The minimum atomic E-state index is -0.818. The summed E-state index contributed by atoms with van der Waals surface area (Å²) in [6.07, 6.45) is 0. The Bertz CT molecular complexity index is 1180. The number of para-hydroxylation sites is 1. The van der Waals surface area contributed by atoms with E-state index in [1.54, 1.807) is 11.1 Å². The van der Waals surface area contributed by atoms with Crippen LogP contribution in [-0.4, -0.2) is 23.6 Å². The van der Waals surface area contributed by atoms with Crippen molar-refractivity contribution in [3.63, 3.8) is 0 Å². The van der Waals surface area contributed by atoms with Gasteiger partial charge < -0.3 is 0 Å². The van der Waals surface area contributed by atoms with Crippen molar-refractivity contribution < 1.29 is 14.0 Å². The molecule has 3 aromatic carbocycles. The molecule has 2 aliphatic rings. The maximum Gasteiger partial charge on any atom is 0.259 e. The molecule has 0 radical (unpaired) electrons. The first-order valence-electron chi connectivity index (χ1n) is 9.37. The Labute approximate surface area is 180 Å². The summed E-state index contributed by atoms with van der Waals surface area (Å²) < 4.78 is 14.7. The Morgan fingerprint density at radius 1 is 0.833 bits per heavy atom. The molecule has 2 atom stereocenters. The standard InChI is InChI=1S/C23H15BrFN3O2/c24-15-11-9-14(10-12-15)20-19-21(28(26-20)17-6-2-1-3-7-17)23(30)27(22(19)29)18-8-4-5-16(25)13-18/h1-13,19,21H/t19-,21-/m1/s1. The van der Waals surface area contributed by atoms with Crippen molar-refractivity contribution in [3.8, 4) is 0 Å². The second-order valence-electron chi connectivity index (χ2n) is 7.09. The molecule has 0 unspecified atom stereocenters. The lowest BCUT2D eigenvalue weighted by atomic mass is 9.93. The number of hydrogen-bond donors (Lipinski definition) is 0. The van der Waals surface area contributed by atoms with Gasteiger partial charge in [-0.2, -0.15) is 5.10 Å². The number of rotatable bonds is 3. The van der Waals surface area contributed by atoms with Crippen LogP contribution in [0.2, 0.25) is 0 Å². The van der Waals surface area contributed by atoms with Gasteiger partial charge in [0.15, 0.2) is 0 Å². The number of carbonyl (C=O) groups is 2. The van der Waals surface area contributed by atoms with Crippen LogP contribution >= 0.6 is 15.9 Å². The minimum Gasteiger partial charge on any atom is -0.273 e. The zero-order valence-corrected chi connectivity index (χ0v) is 17.2. The average Bonchev–Trinajstić information content (AvgIpc) is 3.26. The van der Waals surface area contributed by atoms with E-state index in [2.05, 4.69) is 21.0 Å². The molecule has 0 aromatic heterocycles. The molecule has 2 aliphatic heterocycles. The molecular formula is C23H15BrFN3O2. The average molecular weight is 464 g/mol. The van der Waals surface area contributed by atoms with Crippen LogP contribution in [0, 0.1) is 11.7 Å². The number of nitrogens with zero attached hydrogens (tertiary/aromatic N) is 3. The third-order valence-corrected chi connectivity index (χ3v) is 5.80. The second-order valence-corrected chi connectivity index (χ2v) is 8.00. The van der Waals surface area contributed by atoms with E-state index in [9.17, 15) is 14.0 Å². The first kappa shape index (κ1) is 18.7. The van der Waals surface area contributed by atoms with Crippen molar-refractivity contribution in [2.24, 2.45) is 11.0 Å². The number of anilines is 2. The fraction of sp³-hybridized carbons (Fsp3) is 0.0870. The first-order chi connectivity index (χ1) is 14.5. The third-order valence-electron chi connectivity index (χ3n) is 5.28. The molecule has 2 amide bonds. The SMILES string of the molecule is O=C1[C@@H]2C(c3ccc(Br)cc3)=NN(c3ccccc3)[C@H]2C(=O)N1c1cccc(F)c1. The van der Waals surface area contributed by atoms with E-state index in [4.69, 9.17) is 0 Å². The Morgan fingerprint density at radius 2 is 1.53 bits per heavy atom. The van der Waals surface area contributed by atoms with Crippen LogP contribution in [0.15, 0.2) is 88.4 Å². The van der Waals surface area contributed by atoms with Gasteiger partial charge >= 0.3 is 0 Å². The highest BCUT2D eigenvalue weighted by Crippen LogP contribution is 2.39. The molecule has 2 heterocycles. The van der Waals surface area contributed by atoms with Crippen molar-refractivity contribution in [1.29, 1.82) is 0 Å². The van der Waals surface area contributed by atoms with E-state index in [0.717, 1.165) is 14.9 Å². The van der Waals surface area contributed by atoms with Gasteiger partial charge in [-0.05, 0) is 48.0 Å². The predicted molar refractivity (Wildman–Crippen MR) is 116 cm³/mol. The van der Waals surface area contributed by atoms with Crippen LogP contribution in [0.3, 0.4) is 0 Å². The molecule has 0 bridgehead atoms. The van der Waals surface area contributed by atoms with E-state index >= 15 is 0 Å². The van der Waals surface area contributed by atoms with Crippen molar-refractivity contribution in [1.82, 2.24) is 0 Å². The van der Waals surface area contributed by atoms with E-state index in [1.165, 1.54) is 18.2 Å². The fourth-order valence-corrected chi connectivity index (χ4v) is 4.20. The van der Waals surface area contributed by atoms with Gasteiger partial charge in [0.1, 0.15) is 17.8 Å². The Balaban J connectivity index is 1.64. The molecule has 148 valence electrons. The minimum absolute atomic E-state index is 0.225. The smallest absolute Gasteiger partial charge is 0.259 e. The molecule has 0 saturated carbocycles. The molecule has 5 nitrogen and oxygen atoms in total. The van der Waals surface area contributed by atoms with Crippen molar-refractivity contribution >= 4 is 44.8 Å². The van der Waals surface area contributed by atoms with Gasteiger partial charge in [0.25, 0.3) is 5.91 Å². The zero-order valence-electron chi connectivity index (χ0n) is 15.6. The van der Waals surface area contributed by atoms with Crippen LogP contribution < -0.4 is 9.91 Å². The van der Waals surface area contributed by atoms with E-state index in [1.807, 2.05) is 54.6 Å². The quantitative estimate of drug-likeness (QED) is 0.541. The van der Waals surface area contributed by atoms with E-state index in [-0.39, 0.29) is 5.69 Å². The Hall–Kier alpha value is -3.32. The highest BCUT2D eigenvalue weighted by molar-refractivity contribution is 9.10. The van der Waals surface area contributed by atoms with Crippen molar-refractivity contribution in [2.45, 2.75) is 6.04 Å². The Morgan fingerprint density at radius 3 is 2.23 bits per heavy atom. The third kappa shape index (κ3) is 2.93. The van der Waals surface area contributed by atoms with Gasteiger partial charge in [-0.25, -0.2) is 9.29 Å². The molecule has 3 aromatic rings. The summed E-state index contributed by atoms with van der Waals surface area (Å²) in [4.78, 5) is 27.9. The van der Waals surface area contributed by atoms with Gasteiger partial charge in [-0.3, -0.25) is 14.6 Å². The molecule has 0 N–H and O–H groups in total. The molecule has 5 rings (SSSR count). The van der Waals surface area contributed by atoms with Crippen LogP contribution in [0.5, 0.6) is 0 Å². The molecule has 1 saturated heterocycles. The van der Waals surface area contributed by atoms with Gasteiger partial charge in [-0.1, -0.05) is 52.3 Å². The van der Waals surface area contributed by atoms with Gasteiger partial charge in [0.05, 0.1) is 17.1 Å². The summed E-state index contributed by atoms with van der Waals surface area (Å²) in [6, 6.07) is 21.4. The molecular weight excluding hydrogens is 449 g/mol. The molecule has 0 aliphatic carbocycles. The largest absolute Gasteiger partial charge is 0.273 e. The number of carbonyl (C=O) groups excluding carboxylic acids is 2. The summed E-state index contributed by atoms with van der Waals surface area (Å²) in [6.45, 7) is 0. The lowest BCUT2D eigenvalue weighted by Gasteiger charge is -2.22. The number of amides is 2. The molecule has 0 spiro atoms. The van der Waals surface area contributed by atoms with Crippen LogP contribution in [0.1, 0.15) is 5.56 Å². The normalized spacial score (nSPS) is 20.5. The van der Waals surface area contributed by atoms with E-state index in [0.29, 0.717) is 11.4 Å². The number of hydrazone groups is 1. The summed E-state index contributed by atoms with van der Waals surface area (Å²) >= 11 is 3.41. The molecule has 1 fully saturated rings. The number of hydrogen-bond acceptors (Lipinski definition) is 4. The zero-order chi connectivity index (χ0) is 20.8. The highest BCUT2D eigenvalue weighted by Gasteiger charge is 2.57. The van der Waals surface area contributed by atoms with Crippen molar-refractivity contribution in [2.75, 3.05) is 9.91 Å². The lowest BCUT2D eigenvalue weighted by Crippen LogP contribution is -2.39. The monoisotopic (exact) mass is 463 g/mol. The van der Waals surface area contributed by atoms with Gasteiger partial charge in [-0.15, -0.1) is 0 Å². The van der Waals surface area contributed by atoms with E-state index < -0.39 is 29.6 Å². The molecule has 7 heteroatoms. The number of fused-ring (bicyclic) bond motifs is 1. The Kier molecular flexibility index (Phi) is 4.47. The summed E-state index contributed by atoms with van der Waals surface area (Å²) in [7, 11) is 0. The molecule has 30 heavy (non-hydrogen) atoms. The summed E-state index contributed by atoms with van der Waals surface area (Å²) in [5.41, 5.74) is 2.21. The summed E-state index contributed by atoms with van der Waals surface area (Å²) in [5, 5.41) is 6.28. The van der Waals surface area contributed by atoms with Crippen molar-refractivity contribution in [3.05, 3.63) is 94.7 Å². The summed E-state index contributed by atoms with van der Waals surface area (Å²) in [5.74, 6) is -2.11. The number of halogens is 2. The number of imide groups is 1. The fourth-order valence-electron chi connectivity index (χ4n) is 3.94. The van der Waals surface area contributed by atoms with Gasteiger partial charge in [0.2, 0.25) is 5.91 Å². The lowest BCUT2D eigenvalue weighted by molar-refractivity contribution is -0.121. The van der Waals surface area contributed by atoms with Crippen LogP contribution in [0.4, 0.5) is 15.8 Å². The van der Waals surface area contributed by atoms with Crippen LogP contribution in [0.25, 0.3) is 0 Å². The highest BCUT2D eigenvalue weighted by atomic mass is 79.9. The van der Waals surface area contributed by atoms with Crippen LogP contribution in [-0.2, 0) is 9.59 Å². The topological polar surface area (TPSA) is 53.0 Å². The predicted octanol–water partition coefficient (Wildman–Crippen LogP) is 4.37. The maximum absolute atomic E-state index is 13.8. The first-order valence-corrected chi connectivity index (χ1v) is 10.2.